The largest absolute Gasteiger partial charge is 0.383 e. The summed E-state index contributed by atoms with van der Waals surface area (Å²) in [5.41, 5.74) is 6.99. The molecule has 18 heavy (non-hydrogen) atoms. The third-order valence-corrected chi connectivity index (χ3v) is 3.84. The number of aromatic nitrogens is 2. The van der Waals surface area contributed by atoms with Crippen molar-refractivity contribution in [2.75, 3.05) is 5.73 Å². The number of rotatable bonds is 2. The van der Waals surface area contributed by atoms with Gasteiger partial charge in [0.2, 0.25) is 0 Å². The molecule has 4 nitrogen and oxygen atoms in total. The number of nitrogens with zero attached hydrogens (tertiary/aromatic N) is 2. The lowest BCUT2D eigenvalue weighted by molar-refractivity contribution is -0.0179. The van der Waals surface area contributed by atoms with Crippen molar-refractivity contribution in [1.82, 2.24) is 9.97 Å². The molecule has 0 saturated carbocycles. The highest BCUT2D eigenvalue weighted by Gasteiger charge is 2.15. The number of fused-ring (bicyclic) bond motifs is 1. The van der Waals surface area contributed by atoms with Crippen LogP contribution in [-0.2, 0) is 11.3 Å². The topological polar surface area (TPSA) is 61.0 Å². The first-order valence-electron chi connectivity index (χ1n) is 5.94. The van der Waals surface area contributed by atoms with Crippen LogP contribution in [0.3, 0.4) is 0 Å². The lowest BCUT2D eigenvalue weighted by Crippen LogP contribution is -2.19. The normalized spacial score (nSPS) is 12.3. The Balaban J connectivity index is 2.38. The Morgan fingerprint density at radius 2 is 1.89 bits per heavy atom. The molecule has 0 aliphatic heterocycles. The summed E-state index contributed by atoms with van der Waals surface area (Å²) in [6.45, 7) is 10.5. The molecule has 2 aromatic rings. The minimum absolute atomic E-state index is 0.200. The quantitative estimate of drug-likeness (QED) is 0.905. The number of nitrogens with two attached hydrogens (primary N) is 1. The summed E-state index contributed by atoms with van der Waals surface area (Å²) in [7, 11) is 0. The summed E-state index contributed by atoms with van der Waals surface area (Å²) >= 11 is 1.65. The maximum Gasteiger partial charge on any atom is 0.158 e. The average Bonchev–Trinajstić information content (AvgIpc) is 2.51. The van der Waals surface area contributed by atoms with Crippen molar-refractivity contribution >= 4 is 27.4 Å². The van der Waals surface area contributed by atoms with Gasteiger partial charge in [0.05, 0.1) is 11.0 Å². The Kier molecular flexibility index (Phi) is 3.29. The van der Waals surface area contributed by atoms with Gasteiger partial charge in [-0.3, -0.25) is 0 Å². The molecule has 0 atom stereocenters. The molecule has 0 radical (unpaired) electrons. The van der Waals surface area contributed by atoms with Crippen molar-refractivity contribution in [2.24, 2.45) is 0 Å². The van der Waals surface area contributed by atoms with E-state index in [-0.39, 0.29) is 5.60 Å². The molecular formula is C13H19N3OS. The molecule has 2 rings (SSSR count). The van der Waals surface area contributed by atoms with Crippen LogP contribution in [0.5, 0.6) is 0 Å². The van der Waals surface area contributed by atoms with E-state index in [0.717, 1.165) is 10.2 Å². The van der Waals surface area contributed by atoms with Crippen molar-refractivity contribution in [2.45, 2.75) is 46.8 Å². The van der Waals surface area contributed by atoms with Gasteiger partial charge in [-0.15, -0.1) is 11.3 Å². The lowest BCUT2D eigenvalue weighted by atomic mass is 10.2. The summed E-state index contributed by atoms with van der Waals surface area (Å²) < 4.78 is 5.68. The van der Waals surface area contributed by atoms with Crippen LogP contribution in [0.2, 0.25) is 0 Å². The van der Waals surface area contributed by atoms with Gasteiger partial charge in [-0.25, -0.2) is 9.97 Å². The molecule has 0 aliphatic rings. The molecule has 0 aromatic carbocycles. The van der Waals surface area contributed by atoms with E-state index in [4.69, 9.17) is 10.5 Å². The third-order valence-electron chi connectivity index (χ3n) is 2.74. The molecular weight excluding hydrogens is 246 g/mol. The average molecular weight is 265 g/mol. The van der Waals surface area contributed by atoms with Gasteiger partial charge in [-0.2, -0.15) is 0 Å². The Hall–Kier alpha value is -1.20. The molecule has 2 heterocycles. The number of ether oxygens (including phenoxy) is 1. The summed E-state index contributed by atoms with van der Waals surface area (Å²) in [5, 5.41) is 0.983. The molecule has 0 unspecified atom stereocenters. The molecule has 2 N–H and O–H groups in total. The predicted molar refractivity (Wildman–Crippen MR) is 75.8 cm³/mol. The fourth-order valence-corrected chi connectivity index (χ4v) is 2.73. The van der Waals surface area contributed by atoms with Gasteiger partial charge in [0.25, 0.3) is 0 Å². The van der Waals surface area contributed by atoms with E-state index in [1.807, 2.05) is 20.8 Å². The van der Waals surface area contributed by atoms with Crippen LogP contribution in [0.25, 0.3) is 10.2 Å². The van der Waals surface area contributed by atoms with E-state index < -0.39 is 0 Å². The Morgan fingerprint density at radius 1 is 1.22 bits per heavy atom. The predicted octanol–water partition coefficient (Wildman–Crippen LogP) is 3.21. The second-order valence-corrected chi connectivity index (χ2v) is 6.59. The van der Waals surface area contributed by atoms with E-state index in [0.29, 0.717) is 18.2 Å². The zero-order valence-electron chi connectivity index (χ0n) is 11.5. The standard InChI is InChI=1S/C13H19N3OS/c1-7-8(2)18-12-10(7)11(14)15-9(16-12)6-17-13(3,4)5/h6H2,1-5H3,(H2,14,15,16). The van der Waals surface area contributed by atoms with Gasteiger partial charge in [-0.1, -0.05) is 0 Å². The molecule has 0 bridgehead atoms. The first-order valence-corrected chi connectivity index (χ1v) is 6.75. The monoisotopic (exact) mass is 265 g/mol. The second-order valence-electron chi connectivity index (χ2n) is 5.39. The van der Waals surface area contributed by atoms with Crippen LogP contribution < -0.4 is 5.73 Å². The van der Waals surface area contributed by atoms with Crippen molar-refractivity contribution in [1.29, 1.82) is 0 Å². The van der Waals surface area contributed by atoms with E-state index in [1.54, 1.807) is 11.3 Å². The maximum absolute atomic E-state index is 6.01. The zero-order valence-corrected chi connectivity index (χ0v) is 12.3. The van der Waals surface area contributed by atoms with E-state index in [9.17, 15) is 0 Å². The number of aryl methyl sites for hydroxylation is 2. The van der Waals surface area contributed by atoms with Crippen LogP contribution >= 0.6 is 11.3 Å². The highest BCUT2D eigenvalue weighted by Crippen LogP contribution is 2.31. The van der Waals surface area contributed by atoms with E-state index in [1.165, 1.54) is 10.4 Å². The summed E-state index contributed by atoms with van der Waals surface area (Å²) in [5.74, 6) is 1.20. The third kappa shape index (κ3) is 2.62. The fraction of sp³-hybridized carbons (Fsp3) is 0.538. The van der Waals surface area contributed by atoms with Crippen LogP contribution in [0.15, 0.2) is 0 Å². The van der Waals surface area contributed by atoms with E-state index in [2.05, 4.69) is 23.8 Å². The number of anilines is 1. The van der Waals surface area contributed by atoms with E-state index >= 15 is 0 Å². The molecule has 0 saturated heterocycles. The number of hydrogen-bond acceptors (Lipinski definition) is 5. The highest BCUT2D eigenvalue weighted by atomic mass is 32.1. The molecule has 5 heteroatoms. The summed E-state index contributed by atoms with van der Waals surface area (Å²) in [6, 6.07) is 0. The summed E-state index contributed by atoms with van der Waals surface area (Å²) in [4.78, 5) is 11.0. The smallest absolute Gasteiger partial charge is 0.158 e. The first kappa shape index (κ1) is 13.2. The van der Waals surface area contributed by atoms with Gasteiger partial charge < -0.3 is 10.5 Å². The number of hydrogen-bond donors (Lipinski definition) is 1. The number of nitrogen functional groups attached to an aromatic ring is 1. The van der Waals surface area contributed by atoms with Gasteiger partial charge in [0, 0.05) is 4.88 Å². The highest BCUT2D eigenvalue weighted by molar-refractivity contribution is 7.18. The second kappa shape index (κ2) is 4.48. The zero-order chi connectivity index (χ0) is 13.5. The van der Waals surface area contributed by atoms with Gasteiger partial charge in [-0.05, 0) is 40.2 Å². The Morgan fingerprint density at radius 3 is 2.50 bits per heavy atom. The van der Waals surface area contributed by atoms with Crippen LogP contribution in [-0.4, -0.2) is 15.6 Å². The molecule has 0 fully saturated rings. The molecule has 0 spiro atoms. The van der Waals surface area contributed by atoms with Gasteiger partial charge in [0.1, 0.15) is 17.3 Å². The lowest BCUT2D eigenvalue weighted by Gasteiger charge is -2.18. The van der Waals surface area contributed by atoms with Crippen LogP contribution in [0, 0.1) is 13.8 Å². The van der Waals surface area contributed by atoms with Crippen LogP contribution in [0.4, 0.5) is 5.82 Å². The first-order chi connectivity index (χ1) is 8.28. The molecule has 0 amide bonds. The molecule has 98 valence electrons. The van der Waals surface area contributed by atoms with Crippen molar-refractivity contribution in [3.8, 4) is 0 Å². The minimum atomic E-state index is -0.200. The Labute approximate surface area is 111 Å². The minimum Gasteiger partial charge on any atom is -0.383 e. The maximum atomic E-state index is 6.01. The molecule has 0 aliphatic carbocycles. The van der Waals surface area contributed by atoms with Crippen molar-refractivity contribution in [3.05, 3.63) is 16.3 Å². The fourth-order valence-electron chi connectivity index (χ4n) is 1.67. The summed E-state index contributed by atoms with van der Waals surface area (Å²) in [6.07, 6.45) is 0. The number of thiophene rings is 1. The Bertz CT molecular complexity index is 584. The van der Waals surface area contributed by atoms with Crippen molar-refractivity contribution in [3.63, 3.8) is 0 Å². The van der Waals surface area contributed by atoms with Gasteiger partial charge >= 0.3 is 0 Å². The molecule has 2 aromatic heterocycles. The van der Waals surface area contributed by atoms with Gasteiger partial charge in [0.15, 0.2) is 5.82 Å². The SMILES string of the molecule is Cc1sc2nc(COC(C)(C)C)nc(N)c2c1C. The van der Waals surface area contributed by atoms with Crippen LogP contribution in [0.1, 0.15) is 37.0 Å². The van der Waals surface area contributed by atoms with Crippen molar-refractivity contribution < 1.29 is 4.74 Å².